The quantitative estimate of drug-likeness (QED) is 0.462. The average molecular weight is 162 g/mol. The molecule has 0 aromatic rings. The molecule has 1 aliphatic heterocycles. The number of rotatable bonds is 2. The number of piperazine rings is 1. The van der Waals surface area contributed by atoms with Crippen molar-refractivity contribution in [3.63, 3.8) is 0 Å². The van der Waals surface area contributed by atoms with Gasteiger partial charge in [0.1, 0.15) is 6.23 Å². The summed E-state index contributed by atoms with van der Waals surface area (Å²) in [6.07, 6.45) is -0.339. The van der Waals surface area contributed by atoms with Gasteiger partial charge in [-0.1, -0.05) is 0 Å². The Hall–Kier alpha value is 0.230. The summed E-state index contributed by atoms with van der Waals surface area (Å²) in [7, 11) is 0. The van der Waals surface area contributed by atoms with Crippen molar-refractivity contribution < 1.29 is 5.11 Å². The van der Waals surface area contributed by atoms with Crippen molar-refractivity contribution in [2.75, 3.05) is 31.9 Å². The first kappa shape index (κ1) is 8.33. The maximum Gasteiger partial charge on any atom is 0.117 e. The maximum absolute atomic E-state index is 9.13. The second-order valence-corrected chi connectivity index (χ2v) is 2.94. The number of hydrogen-bond donors (Lipinski definition) is 3. The molecule has 0 radical (unpaired) electrons. The predicted octanol–water partition coefficient (Wildman–Crippen LogP) is -0.860. The molecular formula is C6H14N2OS. The standard InChI is InChI=1S/C6H14N2OS/c9-6-5-8(3-4-10)2-1-7-6/h6-7,9-10H,1-5H2. The zero-order chi connectivity index (χ0) is 7.40. The summed E-state index contributed by atoms with van der Waals surface area (Å²) in [4.78, 5) is 2.20. The van der Waals surface area contributed by atoms with E-state index >= 15 is 0 Å². The molecular weight excluding hydrogens is 148 g/mol. The van der Waals surface area contributed by atoms with E-state index in [1.54, 1.807) is 0 Å². The fraction of sp³-hybridized carbons (Fsp3) is 1.00. The van der Waals surface area contributed by atoms with Crippen molar-refractivity contribution >= 4 is 12.6 Å². The van der Waals surface area contributed by atoms with E-state index in [1.807, 2.05) is 0 Å². The number of nitrogens with zero attached hydrogens (tertiary/aromatic N) is 1. The fourth-order valence-electron chi connectivity index (χ4n) is 1.13. The van der Waals surface area contributed by atoms with Crippen LogP contribution in [-0.4, -0.2) is 48.2 Å². The van der Waals surface area contributed by atoms with Crippen molar-refractivity contribution in [3.8, 4) is 0 Å². The van der Waals surface area contributed by atoms with E-state index in [4.69, 9.17) is 5.11 Å². The number of hydrogen-bond acceptors (Lipinski definition) is 4. The first-order valence-electron chi connectivity index (χ1n) is 3.57. The molecule has 1 fully saturated rings. The molecule has 0 saturated carbocycles. The Balaban J connectivity index is 2.18. The maximum atomic E-state index is 9.13. The van der Waals surface area contributed by atoms with Crippen LogP contribution in [0.3, 0.4) is 0 Å². The smallest absolute Gasteiger partial charge is 0.117 e. The van der Waals surface area contributed by atoms with Gasteiger partial charge in [-0.3, -0.25) is 10.2 Å². The van der Waals surface area contributed by atoms with Gasteiger partial charge < -0.3 is 5.11 Å². The molecule has 60 valence electrons. The molecule has 3 nitrogen and oxygen atoms in total. The first-order chi connectivity index (χ1) is 4.83. The molecule has 1 heterocycles. The molecule has 1 atom stereocenters. The van der Waals surface area contributed by atoms with E-state index in [0.29, 0.717) is 0 Å². The van der Waals surface area contributed by atoms with Crippen LogP contribution < -0.4 is 5.32 Å². The van der Waals surface area contributed by atoms with Gasteiger partial charge in [-0.15, -0.1) is 0 Å². The molecule has 1 unspecified atom stereocenters. The van der Waals surface area contributed by atoms with E-state index < -0.39 is 0 Å². The Labute approximate surface area is 66.8 Å². The minimum Gasteiger partial charge on any atom is -0.377 e. The Morgan fingerprint density at radius 2 is 2.50 bits per heavy atom. The van der Waals surface area contributed by atoms with Gasteiger partial charge in [0.25, 0.3) is 0 Å². The molecule has 0 aromatic heterocycles. The third kappa shape index (κ3) is 2.46. The Morgan fingerprint density at radius 1 is 1.70 bits per heavy atom. The molecule has 10 heavy (non-hydrogen) atoms. The Kier molecular flexibility index (Phi) is 3.48. The minimum atomic E-state index is -0.339. The number of aliphatic hydroxyl groups excluding tert-OH is 1. The normalized spacial score (nSPS) is 28.8. The van der Waals surface area contributed by atoms with Crippen LogP contribution in [0.15, 0.2) is 0 Å². The van der Waals surface area contributed by atoms with Crippen LogP contribution in [0, 0.1) is 0 Å². The molecule has 1 rings (SSSR count). The van der Waals surface area contributed by atoms with Crippen molar-refractivity contribution in [1.29, 1.82) is 0 Å². The highest BCUT2D eigenvalue weighted by molar-refractivity contribution is 7.80. The average Bonchev–Trinajstić information content (AvgIpc) is 1.88. The molecule has 0 spiro atoms. The van der Waals surface area contributed by atoms with Crippen molar-refractivity contribution in [1.82, 2.24) is 10.2 Å². The lowest BCUT2D eigenvalue weighted by molar-refractivity contribution is 0.0578. The minimum absolute atomic E-state index is 0.339. The van der Waals surface area contributed by atoms with Gasteiger partial charge in [-0.05, 0) is 0 Å². The van der Waals surface area contributed by atoms with Crippen LogP contribution in [0.4, 0.5) is 0 Å². The zero-order valence-electron chi connectivity index (χ0n) is 5.95. The molecule has 1 saturated heterocycles. The van der Waals surface area contributed by atoms with E-state index in [0.717, 1.165) is 31.9 Å². The molecule has 0 aliphatic carbocycles. The van der Waals surface area contributed by atoms with Gasteiger partial charge in [0.05, 0.1) is 0 Å². The summed E-state index contributed by atoms with van der Waals surface area (Å²) in [5.74, 6) is 0.868. The number of thiol groups is 1. The summed E-state index contributed by atoms with van der Waals surface area (Å²) >= 11 is 4.12. The SMILES string of the molecule is OC1CN(CCS)CCN1. The molecule has 0 bridgehead atoms. The fourth-order valence-corrected chi connectivity index (χ4v) is 1.42. The van der Waals surface area contributed by atoms with E-state index in [-0.39, 0.29) is 6.23 Å². The van der Waals surface area contributed by atoms with Gasteiger partial charge in [-0.2, -0.15) is 12.6 Å². The van der Waals surface area contributed by atoms with Crippen LogP contribution in [0.1, 0.15) is 0 Å². The van der Waals surface area contributed by atoms with Gasteiger partial charge in [0, 0.05) is 31.9 Å². The second-order valence-electron chi connectivity index (χ2n) is 2.49. The molecule has 0 amide bonds. The summed E-state index contributed by atoms with van der Waals surface area (Å²) in [6, 6.07) is 0. The lowest BCUT2D eigenvalue weighted by Gasteiger charge is -2.30. The van der Waals surface area contributed by atoms with E-state index in [9.17, 15) is 0 Å². The third-order valence-electron chi connectivity index (χ3n) is 1.66. The van der Waals surface area contributed by atoms with Crippen LogP contribution in [0.5, 0.6) is 0 Å². The highest BCUT2D eigenvalue weighted by atomic mass is 32.1. The highest BCUT2D eigenvalue weighted by Gasteiger charge is 2.14. The van der Waals surface area contributed by atoms with Crippen LogP contribution in [0.2, 0.25) is 0 Å². The van der Waals surface area contributed by atoms with Gasteiger partial charge >= 0.3 is 0 Å². The number of aliphatic hydroxyl groups is 1. The predicted molar refractivity (Wildman–Crippen MR) is 44.3 cm³/mol. The lowest BCUT2D eigenvalue weighted by Crippen LogP contribution is -2.50. The first-order valence-corrected chi connectivity index (χ1v) is 4.21. The summed E-state index contributed by atoms with van der Waals surface area (Å²) < 4.78 is 0. The van der Waals surface area contributed by atoms with Gasteiger partial charge in [0.15, 0.2) is 0 Å². The topological polar surface area (TPSA) is 35.5 Å². The zero-order valence-corrected chi connectivity index (χ0v) is 6.85. The lowest BCUT2D eigenvalue weighted by atomic mass is 10.3. The van der Waals surface area contributed by atoms with Crippen molar-refractivity contribution in [2.45, 2.75) is 6.23 Å². The highest BCUT2D eigenvalue weighted by Crippen LogP contribution is 1.95. The summed E-state index contributed by atoms with van der Waals surface area (Å²) in [6.45, 7) is 3.62. The number of β-amino-alcohol motifs (C(OH)–C–C–N with tert-alkyl or cyclic N) is 1. The molecule has 0 aromatic carbocycles. The Morgan fingerprint density at radius 3 is 3.10 bits per heavy atom. The van der Waals surface area contributed by atoms with Crippen LogP contribution in [-0.2, 0) is 0 Å². The van der Waals surface area contributed by atoms with Crippen LogP contribution in [0.25, 0.3) is 0 Å². The van der Waals surface area contributed by atoms with Crippen molar-refractivity contribution in [3.05, 3.63) is 0 Å². The third-order valence-corrected chi connectivity index (χ3v) is 1.86. The van der Waals surface area contributed by atoms with Gasteiger partial charge in [-0.25, -0.2) is 0 Å². The Bertz CT molecular complexity index is 99.7. The summed E-state index contributed by atoms with van der Waals surface area (Å²) in [5.41, 5.74) is 0. The molecule has 4 heteroatoms. The van der Waals surface area contributed by atoms with E-state index in [2.05, 4.69) is 22.8 Å². The van der Waals surface area contributed by atoms with E-state index in [1.165, 1.54) is 0 Å². The van der Waals surface area contributed by atoms with Crippen molar-refractivity contribution in [2.24, 2.45) is 0 Å². The van der Waals surface area contributed by atoms with Crippen LogP contribution >= 0.6 is 12.6 Å². The molecule has 2 N–H and O–H groups in total. The largest absolute Gasteiger partial charge is 0.377 e. The monoisotopic (exact) mass is 162 g/mol. The second kappa shape index (κ2) is 4.18. The summed E-state index contributed by atoms with van der Waals surface area (Å²) in [5, 5.41) is 12.1. The number of nitrogens with one attached hydrogen (secondary N) is 1. The molecule has 1 aliphatic rings. The van der Waals surface area contributed by atoms with Gasteiger partial charge in [0.2, 0.25) is 0 Å².